The number of hydrogen-bond donors (Lipinski definition) is 4. The molecule has 2 rings (SSSR count). The number of hydrogen-bond acceptors (Lipinski definition) is 7. The monoisotopic (exact) mass is 415 g/mol. The average molecular weight is 415 g/mol. The number of ether oxygens (including phenoxy) is 2. The predicted molar refractivity (Wildman–Crippen MR) is 107 cm³/mol. The zero-order chi connectivity index (χ0) is 22.3. The van der Waals surface area contributed by atoms with Crippen molar-refractivity contribution in [2.45, 2.75) is 12.1 Å². The van der Waals surface area contributed by atoms with Crippen LogP contribution in [0.5, 0.6) is 0 Å². The van der Waals surface area contributed by atoms with Crippen molar-refractivity contribution in [1.29, 1.82) is 0 Å². The molecule has 5 N–H and O–H groups in total. The maximum atomic E-state index is 12.4. The van der Waals surface area contributed by atoms with E-state index in [9.17, 15) is 19.2 Å². The Morgan fingerprint density at radius 2 is 1.43 bits per heavy atom. The SMILES string of the molecule is COC(=O)C(NC(=O)c1ccc(NC(=O)c2ccc(N)cc2)cc1)C(OC)C(=O)O. The molecule has 0 aliphatic heterocycles. The van der Waals surface area contributed by atoms with Crippen molar-refractivity contribution in [1.82, 2.24) is 5.32 Å². The Bertz CT molecular complexity index is 926. The average Bonchev–Trinajstić information content (AvgIpc) is 2.73. The van der Waals surface area contributed by atoms with Gasteiger partial charge in [-0.05, 0) is 48.5 Å². The van der Waals surface area contributed by atoms with Crippen LogP contribution in [0.2, 0.25) is 0 Å². The Labute approximate surface area is 172 Å². The van der Waals surface area contributed by atoms with E-state index in [-0.39, 0.29) is 11.5 Å². The fourth-order valence-electron chi connectivity index (χ4n) is 2.53. The van der Waals surface area contributed by atoms with Gasteiger partial charge in [-0.2, -0.15) is 0 Å². The fraction of sp³-hybridized carbons (Fsp3) is 0.200. The molecule has 2 amide bonds. The number of anilines is 2. The summed E-state index contributed by atoms with van der Waals surface area (Å²) in [6.45, 7) is 0. The van der Waals surface area contributed by atoms with E-state index in [0.29, 0.717) is 16.9 Å². The van der Waals surface area contributed by atoms with E-state index in [1.807, 2.05) is 0 Å². The summed E-state index contributed by atoms with van der Waals surface area (Å²) in [5, 5.41) is 14.1. The van der Waals surface area contributed by atoms with E-state index in [0.717, 1.165) is 14.2 Å². The van der Waals surface area contributed by atoms with Crippen LogP contribution in [0, 0.1) is 0 Å². The number of rotatable bonds is 8. The van der Waals surface area contributed by atoms with E-state index in [1.165, 1.54) is 24.3 Å². The lowest BCUT2D eigenvalue weighted by Gasteiger charge is -2.21. The topological polar surface area (TPSA) is 157 Å². The van der Waals surface area contributed by atoms with Crippen LogP contribution in [0.1, 0.15) is 20.7 Å². The number of esters is 1. The van der Waals surface area contributed by atoms with Gasteiger partial charge in [0, 0.05) is 29.6 Å². The van der Waals surface area contributed by atoms with Crippen LogP contribution in [0.4, 0.5) is 11.4 Å². The van der Waals surface area contributed by atoms with Crippen molar-refractivity contribution < 1.29 is 33.8 Å². The molecule has 0 bridgehead atoms. The van der Waals surface area contributed by atoms with Gasteiger partial charge in [-0.25, -0.2) is 9.59 Å². The molecule has 2 atom stereocenters. The Morgan fingerprint density at radius 3 is 1.93 bits per heavy atom. The normalized spacial score (nSPS) is 12.3. The minimum Gasteiger partial charge on any atom is -0.479 e. The molecule has 30 heavy (non-hydrogen) atoms. The van der Waals surface area contributed by atoms with Gasteiger partial charge < -0.3 is 30.9 Å². The molecule has 0 saturated heterocycles. The number of carboxylic acids is 1. The first kappa shape index (κ1) is 22.4. The van der Waals surface area contributed by atoms with Crippen molar-refractivity contribution in [3.8, 4) is 0 Å². The first-order valence-corrected chi connectivity index (χ1v) is 8.68. The number of carboxylic acid groups (broad SMARTS) is 1. The number of nitrogens with one attached hydrogen (secondary N) is 2. The summed E-state index contributed by atoms with van der Waals surface area (Å²) >= 11 is 0. The predicted octanol–water partition coefficient (Wildman–Crippen LogP) is 0.892. The quantitative estimate of drug-likeness (QED) is 0.366. The summed E-state index contributed by atoms with van der Waals surface area (Å²) in [5.41, 5.74) is 7.10. The molecular formula is C20H21N3O7. The summed E-state index contributed by atoms with van der Waals surface area (Å²) < 4.78 is 9.32. The zero-order valence-electron chi connectivity index (χ0n) is 16.2. The summed E-state index contributed by atoms with van der Waals surface area (Å²) in [4.78, 5) is 47.8. The van der Waals surface area contributed by atoms with E-state index in [4.69, 9.17) is 15.6 Å². The number of benzene rings is 2. The molecule has 10 heteroatoms. The number of nitrogen functional groups attached to an aromatic ring is 1. The van der Waals surface area contributed by atoms with Gasteiger partial charge in [0.05, 0.1) is 7.11 Å². The van der Waals surface area contributed by atoms with Gasteiger partial charge in [0.1, 0.15) is 0 Å². The van der Waals surface area contributed by atoms with E-state index in [1.54, 1.807) is 24.3 Å². The number of carbonyl (C=O) groups is 4. The number of aliphatic carboxylic acids is 1. The van der Waals surface area contributed by atoms with Gasteiger partial charge in [0.2, 0.25) is 0 Å². The minimum atomic E-state index is -1.63. The van der Waals surface area contributed by atoms with Crippen LogP contribution in [-0.4, -0.2) is 55.2 Å². The second-order valence-corrected chi connectivity index (χ2v) is 6.12. The van der Waals surface area contributed by atoms with Gasteiger partial charge in [-0.1, -0.05) is 0 Å². The Balaban J connectivity index is 2.09. The van der Waals surface area contributed by atoms with E-state index in [2.05, 4.69) is 15.4 Å². The summed E-state index contributed by atoms with van der Waals surface area (Å²) in [6.07, 6.45) is -1.63. The third-order valence-corrected chi connectivity index (χ3v) is 4.12. The van der Waals surface area contributed by atoms with Crippen LogP contribution >= 0.6 is 0 Å². The van der Waals surface area contributed by atoms with Gasteiger partial charge in [0.15, 0.2) is 12.1 Å². The summed E-state index contributed by atoms with van der Waals surface area (Å²) in [7, 11) is 2.16. The first-order valence-electron chi connectivity index (χ1n) is 8.68. The molecule has 0 fully saturated rings. The largest absolute Gasteiger partial charge is 0.479 e. The number of nitrogens with two attached hydrogens (primary N) is 1. The van der Waals surface area contributed by atoms with Crippen molar-refractivity contribution in [3.63, 3.8) is 0 Å². The smallest absolute Gasteiger partial charge is 0.335 e. The van der Waals surface area contributed by atoms with Gasteiger partial charge >= 0.3 is 11.9 Å². The highest BCUT2D eigenvalue weighted by molar-refractivity contribution is 6.05. The lowest BCUT2D eigenvalue weighted by molar-refractivity contribution is -0.159. The third kappa shape index (κ3) is 5.55. The Kier molecular flexibility index (Phi) is 7.48. The lowest BCUT2D eigenvalue weighted by atomic mass is 10.1. The number of methoxy groups -OCH3 is 2. The molecule has 0 radical (unpaired) electrons. The molecule has 0 aliphatic carbocycles. The third-order valence-electron chi connectivity index (χ3n) is 4.12. The molecular weight excluding hydrogens is 394 g/mol. The highest BCUT2D eigenvalue weighted by atomic mass is 16.5. The maximum Gasteiger partial charge on any atom is 0.335 e. The summed E-state index contributed by atoms with van der Waals surface area (Å²) in [5.74, 6) is -3.48. The number of amides is 2. The zero-order valence-corrected chi connectivity index (χ0v) is 16.2. The molecule has 10 nitrogen and oxygen atoms in total. The van der Waals surface area contributed by atoms with Crippen molar-refractivity contribution >= 4 is 35.1 Å². The lowest BCUT2D eigenvalue weighted by Crippen LogP contribution is -2.53. The van der Waals surface area contributed by atoms with E-state index < -0.39 is 30.0 Å². The van der Waals surface area contributed by atoms with Crippen LogP contribution in [0.3, 0.4) is 0 Å². The summed E-state index contributed by atoms with van der Waals surface area (Å²) in [6, 6.07) is 10.6. The second kappa shape index (κ2) is 10.0. The Hall–Kier alpha value is -3.92. The fourth-order valence-corrected chi connectivity index (χ4v) is 2.53. The number of carbonyl (C=O) groups excluding carboxylic acids is 3. The second-order valence-electron chi connectivity index (χ2n) is 6.12. The standard InChI is InChI=1S/C20H21N3O7/c1-29-16(19(26)27)15(20(28)30-2)23-18(25)12-5-9-14(10-6-12)22-17(24)11-3-7-13(21)8-4-11/h3-10,15-16H,21H2,1-2H3,(H,22,24)(H,23,25)(H,26,27). The van der Waals surface area contributed by atoms with Crippen LogP contribution in [-0.2, 0) is 19.1 Å². The van der Waals surface area contributed by atoms with Gasteiger partial charge in [-0.15, -0.1) is 0 Å². The maximum absolute atomic E-state index is 12.4. The molecule has 2 aromatic carbocycles. The van der Waals surface area contributed by atoms with Crippen LogP contribution in [0.15, 0.2) is 48.5 Å². The first-order chi connectivity index (χ1) is 14.3. The molecule has 0 saturated carbocycles. The molecule has 0 heterocycles. The van der Waals surface area contributed by atoms with Crippen LogP contribution in [0.25, 0.3) is 0 Å². The van der Waals surface area contributed by atoms with Crippen molar-refractivity contribution in [2.24, 2.45) is 0 Å². The van der Waals surface area contributed by atoms with Crippen molar-refractivity contribution in [3.05, 3.63) is 59.7 Å². The molecule has 2 aromatic rings. The molecule has 158 valence electrons. The molecule has 2 unspecified atom stereocenters. The van der Waals surface area contributed by atoms with Gasteiger partial charge in [-0.3, -0.25) is 9.59 Å². The van der Waals surface area contributed by atoms with Gasteiger partial charge in [0.25, 0.3) is 11.8 Å². The minimum absolute atomic E-state index is 0.134. The van der Waals surface area contributed by atoms with Crippen molar-refractivity contribution in [2.75, 3.05) is 25.3 Å². The van der Waals surface area contributed by atoms with E-state index >= 15 is 0 Å². The van der Waals surface area contributed by atoms with Crippen LogP contribution < -0.4 is 16.4 Å². The molecule has 0 aliphatic rings. The Morgan fingerprint density at radius 1 is 0.900 bits per heavy atom. The highest BCUT2D eigenvalue weighted by Crippen LogP contribution is 2.13. The molecule has 0 aromatic heterocycles. The molecule has 0 spiro atoms. The highest BCUT2D eigenvalue weighted by Gasteiger charge is 2.36.